The number of aliphatic hydroxyl groups excluding tert-OH is 1. The number of ether oxygens (including phenoxy) is 1. The number of hydrogen-bond acceptors (Lipinski definition) is 4. The summed E-state index contributed by atoms with van der Waals surface area (Å²) in [6.07, 6.45) is -0.700. The second kappa shape index (κ2) is 5.76. The van der Waals surface area contributed by atoms with E-state index in [9.17, 15) is 19.1 Å². The number of benzene rings is 1. The lowest BCUT2D eigenvalue weighted by Gasteiger charge is -2.22. The average Bonchev–Trinajstić information content (AvgIpc) is 2.82. The molecule has 2 rings (SSSR count). The van der Waals surface area contributed by atoms with Crippen molar-refractivity contribution < 1.29 is 23.8 Å². The Kier molecular flexibility index (Phi) is 4.25. The number of β-amino-alcohol motifs (C(OH)–C–C–N with tert-alkyl or cyclic N) is 1. The van der Waals surface area contributed by atoms with Gasteiger partial charge in [-0.3, -0.25) is 4.79 Å². The van der Waals surface area contributed by atoms with E-state index in [4.69, 9.17) is 11.6 Å². The SMILES string of the molecule is COC(=O)C1CC(O)CN1C(=O)c1ccc(Cl)c(F)c1. The predicted octanol–water partition coefficient (Wildman–Crippen LogP) is 1.23. The molecule has 1 aromatic rings. The number of esters is 1. The van der Waals surface area contributed by atoms with E-state index in [0.29, 0.717) is 0 Å². The van der Waals surface area contributed by atoms with E-state index >= 15 is 0 Å². The standard InChI is InChI=1S/C13H13ClFNO4/c1-20-13(19)11-5-8(17)6-16(11)12(18)7-2-3-9(14)10(15)4-7/h2-4,8,11,17H,5-6H2,1H3. The summed E-state index contributed by atoms with van der Waals surface area (Å²) in [5.41, 5.74) is 0.0647. The number of amides is 1. The number of carbonyl (C=O) groups is 2. The Morgan fingerprint density at radius 1 is 1.50 bits per heavy atom. The first kappa shape index (κ1) is 14.7. The van der Waals surface area contributed by atoms with Crippen molar-refractivity contribution in [2.45, 2.75) is 18.6 Å². The molecule has 1 heterocycles. The van der Waals surface area contributed by atoms with Crippen LogP contribution in [-0.4, -0.2) is 47.7 Å². The van der Waals surface area contributed by atoms with Crippen LogP contribution in [0.3, 0.4) is 0 Å². The van der Waals surface area contributed by atoms with Crippen molar-refractivity contribution in [3.05, 3.63) is 34.6 Å². The fourth-order valence-electron chi connectivity index (χ4n) is 2.19. The van der Waals surface area contributed by atoms with Gasteiger partial charge in [-0.1, -0.05) is 11.6 Å². The number of rotatable bonds is 2. The molecule has 0 aliphatic carbocycles. The minimum atomic E-state index is -0.860. The van der Waals surface area contributed by atoms with E-state index in [1.54, 1.807) is 0 Å². The van der Waals surface area contributed by atoms with Crippen LogP contribution in [0.15, 0.2) is 18.2 Å². The van der Waals surface area contributed by atoms with Crippen molar-refractivity contribution in [3.63, 3.8) is 0 Å². The van der Waals surface area contributed by atoms with Gasteiger partial charge in [0.1, 0.15) is 11.9 Å². The molecular weight excluding hydrogens is 289 g/mol. The number of aliphatic hydroxyl groups is 1. The number of halogens is 2. The predicted molar refractivity (Wildman–Crippen MR) is 68.9 cm³/mol. The fourth-order valence-corrected chi connectivity index (χ4v) is 2.31. The molecular formula is C13H13ClFNO4. The first-order valence-electron chi connectivity index (χ1n) is 5.96. The van der Waals surface area contributed by atoms with E-state index in [0.717, 1.165) is 6.07 Å². The Labute approximate surface area is 119 Å². The minimum absolute atomic E-state index is 0.00282. The van der Waals surface area contributed by atoms with Crippen LogP contribution in [0.5, 0.6) is 0 Å². The Hall–Kier alpha value is -1.66. The number of hydrogen-bond donors (Lipinski definition) is 1. The number of likely N-dealkylation sites (tertiary alicyclic amines) is 1. The van der Waals surface area contributed by atoms with Crippen molar-refractivity contribution in [2.24, 2.45) is 0 Å². The molecule has 108 valence electrons. The molecule has 1 aliphatic rings. The van der Waals surface area contributed by atoms with Crippen molar-refractivity contribution in [2.75, 3.05) is 13.7 Å². The zero-order chi connectivity index (χ0) is 14.9. The molecule has 0 radical (unpaired) electrons. The normalized spacial score (nSPS) is 21.9. The number of carbonyl (C=O) groups excluding carboxylic acids is 2. The van der Waals surface area contributed by atoms with Crippen LogP contribution in [0.25, 0.3) is 0 Å². The maximum absolute atomic E-state index is 13.4. The van der Waals surface area contributed by atoms with Gasteiger partial charge < -0.3 is 14.7 Å². The lowest BCUT2D eigenvalue weighted by Crippen LogP contribution is -2.41. The molecule has 20 heavy (non-hydrogen) atoms. The van der Waals surface area contributed by atoms with Gasteiger partial charge in [0, 0.05) is 18.5 Å². The van der Waals surface area contributed by atoms with Crippen molar-refractivity contribution in [3.8, 4) is 0 Å². The molecule has 0 aromatic heterocycles. The molecule has 7 heteroatoms. The monoisotopic (exact) mass is 301 g/mol. The average molecular weight is 302 g/mol. The molecule has 1 fully saturated rings. The highest BCUT2D eigenvalue weighted by Gasteiger charge is 2.40. The third kappa shape index (κ3) is 2.76. The van der Waals surface area contributed by atoms with Crippen LogP contribution in [0.2, 0.25) is 5.02 Å². The zero-order valence-corrected chi connectivity index (χ0v) is 11.4. The van der Waals surface area contributed by atoms with Crippen LogP contribution in [-0.2, 0) is 9.53 Å². The molecule has 5 nitrogen and oxygen atoms in total. The molecule has 1 saturated heterocycles. The molecule has 0 saturated carbocycles. The van der Waals surface area contributed by atoms with Gasteiger partial charge in [0.25, 0.3) is 5.91 Å². The van der Waals surface area contributed by atoms with Gasteiger partial charge in [-0.15, -0.1) is 0 Å². The maximum atomic E-state index is 13.4. The quantitative estimate of drug-likeness (QED) is 0.834. The number of nitrogens with zero attached hydrogens (tertiary/aromatic N) is 1. The summed E-state index contributed by atoms with van der Waals surface area (Å²) in [4.78, 5) is 25.1. The van der Waals surface area contributed by atoms with E-state index in [1.165, 1.54) is 24.1 Å². The lowest BCUT2D eigenvalue weighted by atomic mass is 10.1. The van der Waals surface area contributed by atoms with E-state index in [-0.39, 0.29) is 23.6 Å². The van der Waals surface area contributed by atoms with E-state index in [2.05, 4.69) is 4.74 Å². The largest absolute Gasteiger partial charge is 0.467 e. The molecule has 1 amide bonds. The minimum Gasteiger partial charge on any atom is -0.467 e. The van der Waals surface area contributed by atoms with Gasteiger partial charge in [-0.2, -0.15) is 0 Å². The van der Waals surface area contributed by atoms with Gasteiger partial charge >= 0.3 is 5.97 Å². The Morgan fingerprint density at radius 2 is 2.20 bits per heavy atom. The van der Waals surface area contributed by atoms with Crippen LogP contribution >= 0.6 is 11.6 Å². The van der Waals surface area contributed by atoms with Crippen molar-refractivity contribution in [1.82, 2.24) is 4.90 Å². The summed E-state index contributed by atoms with van der Waals surface area (Å²) >= 11 is 5.56. The molecule has 2 unspecified atom stereocenters. The Bertz CT molecular complexity index is 551. The van der Waals surface area contributed by atoms with E-state index < -0.39 is 29.8 Å². The summed E-state index contributed by atoms with van der Waals surface area (Å²) in [7, 11) is 1.21. The molecule has 0 bridgehead atoms. The summed E-state index contributed by atoms with van der Waals surface area (Å²) in [6.45, 7) is 0.00282. The van der Waals surface area contributed by atoms with Crippen LogP contribution in [0.1, 0.15) is 16.8 Å². The second-order valence-electron chi connectivity index (χ2n) is 4.51. The van der Waals surface area contributed by atoms with Crippen molar-refractivity contribution >= 4 is 23.5 Å². The first-order chi connectivity index (χ1) is 9.43. The van der Waals surface area contributed by atoms with Crippen LogP contribution < -0.4 is 0 Å². The molecule has 1 aromatic carbocycles. The van der Waals surface area contributed by atoms with Crippen LogP contribution in [0.4, 0.5) is 4.39 Å². The van der Waals surface area contributed by atoms with Gasteiger partial charge in [-0.05, 0) is 18.2 Å². The van der Waals surface area contributed by atoms with Gasteiger partial charge in [0.05, 0.1) is 18.2 Å². The molecule has 0 spiro atoms. The number of methoxy groups -OCH3 is 1. The Balaban J connectivity index is 2.26. The van der Waals surface area contributed by atoms with Crippen molar-refractivity contribution in [1.29, 1.82) is 0 Å². The lowest BCUT2D eigenvalue weighted by molar-refractivity contribution is -0.145. The zero-order valence-electron chi connectivity index (χ0n) is 10.7. The summed E-state index contributed by atoms with van der Waals surface area (Å²) in [5, 5.41) is 9.52. The molecule has 1 aliphatic heterocycles. The van der Waals surface area contributed by atoms with Crippen LogP contribution in [0, 0.1) is 5.82 Å². The third-order valence-corrected chi connectivity index (χ3v) is 3.49. The summed E-state index contributed by atoms with van der Waals surface area (Å²) < 4.78 is 18.0. The smallest absolute Gasteiger partial charge is 0.328 e. The maximum Gasteiger partial charge on any atom is 0.328 e. The summed E-state index contributed by atoms with van der Waals surface area (Å²) in [6, 6.07) is 2.78. The third-order valence-electron chi connectivity index (χ3n) is 3.18. The topological polar surface area (TPSA) is 66.8 Å². The van der Waals surface area contributed by atoms with Gasteiger partial charge in [-0.25, -0.2) is 9.18 Å². The summed E-state index contributed by atoms with van der Waals surface area (Å²) in [5.74, 6) is -1.87. The highest BCUT2D eigenvalue weighted by molar-refractivity contribution is 6.30. The second-order valence-corrected chi connectivity index (χ2v) is 4.92. The highest BCUT2D eigenvalue weighted by atomic mass is 35.5. The fraction of sp³-hybridized carbons (Fsp3) is 0.385. The van der Waals surface area contributed by atoms with E-state index in [1.807, 2.05) is 0 Å². The highest BCUT2D eigenvalue weighted by Crippen LogP contribution is 2.23. The first-order valence-corrected chi connectivity index (χ1v) is 6.33. The van der Waals surface area contributed by atoms with Gasteiger partial charge in [0.15, 0.2) is 0 Å². The molecule has 1 N–H and O–H groups in total. The Morgan fingerprint density at radius 3 is 2.80 bits per heavy atom. The van der Waals surface area contributed by atoms with Gasteiger partial charge in [0.2, 0.25) is 0 Å². The molecule has 2 atom stereocenters.